The van der Waals surface area contributed by atoms with Crippen LogP contribution in [0, 0.1) is 5.41 Å². The number of rotatable bonds is 2. The number of benzene rings is 1. The molecule has 2 N–H and O–H groups in total. The Kier molecular flexibility index (Phi) is 4.92. The van der Waals surface area contributed by atoms with E-state index in [0.29, 0.717) is 24.8 Å². The van der Waals surface area contributed by atoms with Crippen LogP contribution in [0.1, 0.15) is 38.7 Å². The SMILES string of the molecule is CC1(C)CN(C(=O)C2(c3ccc(Cl)cc3)CCOCC2)CCC1N. The van der Waals surface area contributed by atoms with Crippen molar-refractivity contribution >= 4 is 17.5 Å². The van der Waals surface area contributed by atoms with E-state index in [1.807, 2.05) is 29.2 Å². The van der Waals surface area contributed by atoms with Gasteiger partial charge in [-0.3, -0.25) is 4.79 Å². The van der Waals surface area contributed by atoms with Crippen LogP contribution in [-0.4, -0.2) is 43.2 Å². The molecule has 0 saturated carbocycles. The molecule has 5 heteroatoms. The summed E-state index contributed by atoms with van der Waals surface area (Å²) in [6.07, 6.45) is 2.29. The molecule has 0 aliphatic carbocycles. The molecule has 2 aliphatic heterocycles. The normalized spacial score (nSPS) is 26.2. The van der Waals surface area contributed by atoms with Gasteiger partial charge in [-0.05, 0) is 42.4 Å². The maximum absolute atomic E-state index is 13.6. The molecule has 0 radical (unpaired) electrons. The molecule has 24 heavy (non-hydrogen) atoms. The van der Waals surface area contributed by atoms with Crippen LogP contribution >= 0.6 is 11.6 Å². The molecule has 0 aromatic heterocycles. The van der Waals surface area contributed by atoms with E-state index in [1.54, 1.807) is 0 Å². The fourth-order valence-electron chi connectivity index (χ4n) is 3.96. The first-order valence-corrected chi connectivity index (χ1v) is 9.12. The maximum Gasteiger partial charge on any atom is 0.233 e. The molecular formula is C19H27ClN2O2. The number of hydrogen-bond donors (Lipinski definition) is 1. The lowest BCUT2D eigenvalue weighted by Crippen LogP contribution is -2.58. The maximum atomic E-state index is 13.6. The van der Waals surface area contributed by atoms with Gasteiger partial charge in [0.25, 0.3) is 0 Å². The number of carbonyl (C=O) groups excluding carboxylic acids is 1. The fraction of sp³-hybridized carbons (Fsp3) is 0.632. The van der Waals surface area contributed by atoms with Crippen molar-refractivity contribution in [1.82, 2.24) is 4.90 Å². The third-order valence-electron chi connectivity index (χ3n) is 5.75. The summed E-state index contributed by atoms with van der Waals surface area (Å²) in [7, 11) is 0. The molecule has 2 aliphatic rings. The number of nitrogens with zero attached hydrogens (tertiary/aromatic N) is 1. The van der Waals surface area contributed by atoms with E-state index in [-0.39, 0.29) is 17.4 Å². The Hall–Kier alpha value is -1.10. The van der Waals surface area contributed by atoms with Crippen LogP contribution in [0.15, 0.2) is 24.3 Å². The van der Waals surface area contributed by atoms with E-state index < -0.39 is 5.41 Å². The van der Waals surface area contributed by atoms with Gasteiger partial charge in [-0.1, -0.05) is 37.6 Å². The zero-order valence-electron chi connectivity index (χ0n) is 14.6. The summed E-state index contributed by atoms with van der Waals surface area (Å²) >= 11 is 6.04. The molecule has 0 spiro atoms. The molecule has 1 amide bonds. The molecule has 1 aromatic carbocycles. The largest absolute Gasteiger partial charge is 0.381 e. The van der Waals surface area contributed by atoms with Crippen molar-refractivity contribution in [3.05, 3.63) is 34.9 Å². The van der Waals surface area contributed by atoms with Gasteiger partial charge in [0.1, 0.15) is 0 Å². The summed E-state index contributed by atoms with van der Waals surface area (Å²) in [6, 6.07) is 7.87. The summed E-state index contributed by atoms with van der Waals surface area (Å²) in [5.74, 6) is 0.216. The zero-order chi connectivity index (χ0) is 17.4. The first-order valence-electron chi connectivity index (χ1n) is 8.74. The van der Waals surface area contributed by atoms with Gasteiger partial charge in [-0.15, -0.1) is 0 Å². The fourth-order valence-corrected chi connectivity index (χ4v) is 4.09. The Morgan fingerprint density at radius 3 is 2.46 bits per heavy atom. The average molecular weight is 351 g/mol. The van der Waals surface area contributed by atoms with E-state index in [1.165, 1.54) is 0 Å². The second kappa shape index (κ2) is 6.66. The van der Waals surface area contributed by atoms with Gasteiger partial charge >= 0.3 is 0 Å². The van der Waals surface area contributed by atoms with Crippen LogP contribution in [0.3, 0.4) is 0 Å². The molecule has 2 heterocycles. The molecule has 1 unspecified atom stereocenters. The average Bonchev–Trinajstić information content (AvgIpc) is 2.58. The highest BCUT2D eigenvalue weighted by Crippen LogP contribution is 2.39. The van der Waals surface area contributed by atoms with Crippen molar-refractivity contribution in [3.8, 4) is 0 Å². The van der Waals surface area contributed by atoms with E-state index in [2.05, 4.69) is 13.8 Å². The molecule has 4 nitrogen and oxygen atoms in total. The van der Waals surface area contributed by atoms with Crippen molar-refractivity contribution in [1.29, 1.82) is 0 Å². The first kappa shape index (κ1) is 17.7. The third-order valence-corrected chi connectivity index (χ3v) is 6.00. The lowest BCUT2D eigenvalue weighted by Gasteiger charge is -2.47. The third kappa shape index (κ3) is 3.19. The lowest BCUT2D eigenvalue weighted by molar-refractivity contribution is -0.144. The molecular weight excluding hydrogens is 324 g/mol. The number of hydrogen-bond acceptors (Lipinski definition) is 3. The van der Waals surface area contributed by atoms with Crippen molar-refractivity contribution < 1.29 is 9.53 Å². The smallest absolute Gasteiger partial charge is 0.233 e. The minimum atomic E-state index is -0.500. The van der Waals surface area contributed by atoms with E-state index in [4.69, 9.17) is 22.1 Å². The Morgan fingerprint density at radius 1 is 1.25 bits per heavy atom. The monoisotopic (exact) mass is 350 g/mol. The highest BCUT2D eigenvalue weighted by molar-refractivity contribution is 6.30. The van der Waals surface area contributed by atoms with Crippen LogP contribution in [0.25, 0.3) is 0 Å². The minimum Gasteiger partial charge on any atom is -0.381 e. The number of piperidine rings is 1. The quantitative estimate of drug-likeness (QED) is 0.892. The topological polar surface area (TPSA) is 55.6 Å². The summed E-state index contributed by atoms with van der Waals surface area (Å²) in [4.78, 5) is 15.6. The van der Waals surface area contributed by atoms with Crippen LogP contribution < -0.4 is 5.73 Å². The van der Waals surface area contributed by atoms with Gasteiger partial charge in [-0.25, -0.2) is 0 Å². The predicted molar refractivity (Wildman–Crippen MR) is 96.1 cm³/mol. The van der Waals surface area contributed by atoms with Crippen molar-refractivity contribution in [2.24, 2.45) is 11.1 Å². The minimum absolute atomic E-state index is 0.0553. The number of likely N-dealkylation sites (tertiary alicyclic amines) is 1. The molecule has 0 bridgehead atoms. The molecule has 1 atom stereocenters. The molecule has 1 aromatic rings. The van der Waals surface area contributed by atoms with Crippen LogP contribution in [-0.2, 0) is 14.9 Å². The van der Waals surface area contributed by atoms with Gasteiger partial charge in [0.05, 0.1) is 5.41 Å². The molecule has 2 saturated heterocycles. The lowest BCUT2D eigenvalue weighted by atomic mass is 9.71. The van der Waals surface area contributed by atoms with Crippen LogP contribution in [0.2, 0.25) is 5.02 Å². The molecule has 132 valence electrons. The van der Waals surface area contributed by atoms with Crippen molar-refractivity contribution in [2.45, 2.75) is 44.6 Å². The Morgan fingerprint density at radius 2 is 1.88 bits per heavy atom. The summed E-state index contributed by atoms with van der Waals surface area (Å²) in [5, 5.41) is 0.693. The Labute approximate surface area is 149 Å². The van der Waals surface area contributed by atoms with Gasteiger partial charge in [0.2, 0.25) is 5.91 Å². The number of nitrogens with two attached hydrogens (primary N) is 1. The van der Waals surface area contributed by atoms with Crippen molar-refractivity contribution in [2.75, 3.05) is 26.3 Å². The number of ether oxygens (including phenoxy) is 1. The highest BCUT2D eigenvalue weighted by atomic mass is 35.5. The van der Waals surface area contributed by atoms with Gasteiger partial charge in [-0.2, -0.15) is 0 Å². The number of amides is 1. The number of carbonyl (C=O) groups is 1. The van der Waals surface area contributed by atoms with E-state index in [0.717, 1.165) is 31.4 Å². The summed E-state index contributed by atoms with van der Waals surface area (Å²) < 4.78 is 5.55. The second-order valence-electron chi connectivity index (χ2n) is 7.81. The number of halogens is 1. The van der Waals surface area contributed by atoms with E-state index in [9.17, 15) is 4.79 Å². The van der Waals surface area contributed by atoms with Crippen LogP contribution in [0.4, 0.5) is 0 Å². The van der Waals surface area contributed by atoms with Gasteiger partial charge in [0, 0.05) is 37.4 Å². The summed E-state index contributed by atoms with van der Waals surface area (Å²) in [6.45, 7) is 6.98. The highest BCUT2D eigenvalue weighted by Gasteiger charge is 2.46. The van der Waals surface area contributed by atoms with E-state index >= 15 is 0 Å². The summed E-state index contributed by atoms with van der Waals surface area (Å²) in [5.41, 5.74) is 6.74. The van der Waals surface area contributed by atoms with Gasteiger partial charge < -0.3 is 15.4 Å². The second-order valence-corrected chi connectivity index (χ2v) is 8.25. The zero-order valence-corrected chi connectivity index (χ0v) is 15.3. The van der Waals surface area contributed by atoms with Gasteiger partial charge in [0.15, 0.2) is 0 Å². The van der Waals surface area contributed by atoms with Crippen LogP contribution in [0.5, 0.6) is 0 Å². The molecule has 3 rings (SSSR count). The Balaban J connectivity index is 1.91. The predicted octanol–water partition coefficient (Wildman–Crippen LogP) is 2.97. The first-order chi connectivity index (χ1) is 11.3. The molecule has 2 fully saturated rings. The Bertz CT molecular complexity index is 594. The standard InChI is InChI=1S/C19H27ClN2O2/c1-18(2)13-22(10-7-16(18)21)17(23)19(8-11-24-12-9-19)14-3-5-15(20)6-4-14/h3-6,16H,7-13,21H2,1-2H3. The van der Waals surface area contributed by atoms with Crippen molar-refractivity contribution in [3.63, 3.8) is 0 Å².